The van der Waals surface area contributed by atoms with Crippen LogP contribution in [-0.2, 0) is 22.0 Å². The number of nitrogens with one attached hydrogen (secondary N) is 2. The summed E-state index contributed by atoms with van der Waals surface area (Å²) in [6.45, 7) is 0.591. The summed E-state index contributed by atoms with van der Waals surface area (Å²) < 4.78 is 29.9. The molecular weight excluding hydrogens is 328 g/mol. The van der Waals surface area contributed by atoms with E-state index in [-0.39, 0.29) is 23.6 Å². The number of rotatable bonds is 7. The van der Waals surface area contributed by atoms with Crippen LogP contribution in [0.5, 0.6) is 0 Å². The molecule has 24 heavy (non-hydrogen) atoms. The van der Waals surface area contributed by atoms with Crippen LogP contribution in [0.25, 0.3) is 0 Å². The number of sulfonamides is 1. The largest absolute Gasteiger partial charge is 0.455 e. The summed E-state index contributed by atoms with van der Waals surface area (Å²) in [5.41, 5.74) is 1.27. The Morgan fingerprint density at radius 1 is 1.17 bits per heavy atom. The topological polar surface area (TPSA) is 88.4 Å². The molecule has 1 aliphatic carbocycles. The van der Waals surface area contributed by atoms with Gasteiger partial charge < -0.3 is 9.73 Å². The van der Waals surface area contributed by atoms with Gasteiger partial charge in [-0.05, 0) is 30.5 Å². The molecule has 1 amide bonds. The van der Waals surface area contributed by atoms with Gasteiger partial charge in [-0.15, -0.1) is 0 Å². The van der Waals surface area contributed by atoms with Crippen molar-refractivity contribution in [1.82, 2.24) is 10.0 Å². The molecule has 3 rings (SSSR count). The minimum atomic E-state index is -3.30. The van der Waals surface area contributed by atoms with E-state index in [4.69, 9.17) is 4.42 Å². The lowest BCUT2D eigenvalue weighted by Crippen LogP contribution is -2.32. The Balaban J connectivity index is 1.57. The predicted octanol–water partition coefficient (Wildman–Crippen LogP) is 1.79. The van der Waals surface area contributed by atoms with Gasteiger partial charge >= 0.3 is 0 Å². The number of benzene rings is 1. The predicted molar refractivity (Wildman–Crippen MR) is 90.1 cm³/mol. The standard InChI is InChI=1S/C17H20N2O4S/c1-24(21,22)19-11-14-7-8-15(23-14)16(20)18-12-17(9-10-17)13-5-3-2-4-6-13/h2-8,19H,9-12H2,1H3,(H,18,20). The maximum absolute atomic E-state index is 12.2. The second kappa shape index (κ2) is 6.41. The first-order chi connectivity index (χ1) is 11.4. The van der Waals surface area contributed by atoms with Crippen LogP contribution in [0.1, 0.15) is 34.7 Å². The summed E-state index contributed by atoms with van der Waals surface area (Å²) >= 11 is 0. The average molecular weight is 348 g/mol. The summed E-state index contributed by atoms with van der Waals surface area (Å²) in [6.07, 6.45) is 3.18. The average Bonchev–Trinajstić information content (AvgIpc) is 3.20. The number of hydrogen-bond acceptors (Lipinski definition) is 4. The molecule has 7 heteroatoms. The minimum Gasteiger partial charge on any atom is -0.455 e. The molecule has 1 aromatic carbocycles. The van der Waals surface area contributed by atoms with Gasteiger partial charge in [-0.3, -0.25) is 4.79 Å². The molecule has 1 fully saturated rings. The van der Waals surface area contributed by atoms with Gasteiger partial charge in [0.25, 0.3) is 5.91 Å². The molecule has 0 atom stereocenters. The molecule has 1 saturated carbocycles. The third-order valence-electron chi connectivity index (χ3n) is 4.22. The van der Waals surface area contributed by atoms with Gasteiger partial charge in [-0.1, -0.05) is 30.3 Å². The monoisotopic (exact) mass is 348 g/mol. The highest BCUT2D eigenvalue weighted by Crippen LogP contribution is 2.47. The summed E-state index contributed by atoms with van der Waals surface area (Å²) in [7, 11) is -3.30. The van der Waals surface area contributed by atoms with Crippen molar-refractivity contribution in [3.05, 3.63) is 59.5 Å². The fourth-order valence-corrected chi connectivity index (χ4v) is 3.05. The lowest BCUT2D eigenvalue weighted by molar-refractivity contribution is 0.0920. The normalized spacial score (nSPS) is 15.9. The van der Waals surface area contributed by atoms with Crippen molar-refractivity contribution in [2.45, 2.75) is 24.8 Å². The van der Waals surface area contributed by atoms with E-state index in [1.165, 1.54) is 5.56 Å². The van der Waals surface area contributed by atoms with Crippen LogP contribution < -0.4 is 10.0 Å². The fourth-order valence-electron chi connectivity index (χ4n) is 2.64. The molecule has 6 nitrogen and oxygen atoms in total. The van der Waals surface area contributed by atoms with Gasteiger partial charge in [0, 0.05) is 12.0 Å². The molecule has 0 spiro atoms. The Kier molecular flexibility index (Phi) is 4.47. The molecule has 1 heterocycles. The maximum Gasteiger partial charge on any atom is 0.287 e. The molecule has 128 valence electrons. The van der Waals surface area contributed by atoms with Gasteiger partial charge in [0.15, 0.2) is 5.76 Å². The molecule has 2 N–H and O–H groups in total. The third-order valence-corrected chi connectivity index (χ3v) is 4.89. The van der Waals surface area contributed by atoms with Crippen LogP contribution in [0.4, 0.5) is 0 Å². The van der Waals surface area contributed by atoms with Gasteiger partial charge in [-0.2, -0.15) is 0 Å². The van der Waals surface area contributed by atoms with E-state index in [1.54, 1.807) is 12.1 Å². The highest BCUT2D eigenvalue weighted by molar-refractivity contribution is 7.88. The Hall–Kier alpha value is -2.12. The highest BCUT2D eigenvalue weighted by atomic mass is 32.2. The van der Waals surface area contributed by atoms with Gasteiger partial charge in [0.1, 0.15) is 5.76 Å². The van der Waals surface area contributed by atoms with Crippen LogP contribution in [-0.4, -0.2) is 27.1 Å². The van der Waals surface area contributed by atoms with Gasteiger partial charge in [0.2, 0.25) is 10.0 Å². The van der Waals surface area contributed by atoms with Crippen LogP contribution in [0.2, 0.25) is 0 Å². The first-order valence-electron chi connectivity index (χ1n) is 7.75. The SMILES string of the molecule is CS(=O)(=O)NCc1ccc(C(=O)NCC2(c3ccccc3)CC2)o1. The summed E-state index contributed by atoms with van der Waals surface area (Å²) in [5.74, 6) is 0.293. The summed E-state index contributed by atoms with van der Waals surface area (Å²) in [5, 5.41) is 2.91. The maximum atomic E-state index is 12.2. The molecule has 0 unspecified atom stereocenters. The number of carbonyl (C=O) groups is 1. The number of carbonyl (C=O) groups excluding carboxylic acids is 1. The van der Waals surface area contributed by atoms with E-state index >= 15 is 0 Å². The number of hydrogen-bond donors (Lipinski definition) is 2. The van der Waals surface area contributed by atoms with Gasteiger partial charge in [0.05, 0.1) is 12.8 Å². The van der Waals surface area contributed by atoms with E-state index in [2.05, 4.69) is 22.2 Å². The molecule has 2 aromatic rings. The number of furan rings is 1. The van der Waals surface area contributed by atoms with Crippen molar-refractivity contribution in [2.75, 3.05) is 12.8 Å². The molecule has 1 aliphatic rings. The molecular formula is C17H20N2O4S. The van der Waals surface area contributed by atoms with Crippen LogP contribution in [0.3, 0.4) is 0 Å². The molecule has 0 radical (unpaired) electrons. The minimum absolute atomic E-state index is 0.0278. The van der Waals surface area contributed by atoms with Crippen molar-refractivity contribution in [3.8, 4) is 0 Å². The van der Waals surface area contributed by atoms with E-state index in [9.17, 15) is 13.2 Å². The van der Waals surface area contributed by atoms with Crippen molar-refractivity contribution >= 4 is 15.9 Å². The Labute approximate surface area is 141 Å². The van der Waals surface area contributed by atoms with E-state index in [0.29, 0.717) is 12.3 Å². The van der Waals surface area contributed by atoms with Crippen molar-refractivity contribution in [3.63, 3.8) is 0 Å². The molecule has 1 aromatic heterocycles. The first kappa shape index (κ1) is 16.7. The smallest absolute Gasteiger partial charge is 0.287 e. The Bertz CT molecular complexity index is 823. The zero-order valence-corrected chi connectivity index (χ0v) is 14.2. The van der Waals surface area contributed by atoms with E-state index < -0.39 is 10.0 Å². The zero-order valence-electron chi connectivity index (χ0n) is 13.4. The Morgan fingerprint density at radius 2 is 1.88 bits per heavy atom. The van der Waals surface area contributed by atoms with Gasteiger partial charge in [-0.25, -0.2) is 13.1 Å². The fraction of sp³-hybridized carbons (Fsp3) is 0.353. The second-order valence-electron chi connectivity index (χ2n) is 6.19. The molecule has 0 aliphatic heterocycles. The quantitative estimate of drug-likeness (QED) is 0.798. The lowest BCUT2D eigenvalue weighted by Gasteiger charge is -2.16. The van der Waals surface area contributed by atoms with Crippen LogP contribution >= 0.6 is 0 Å². The number of amides is 1. The van der Waals surface area contributed by atoms with Crippen LogP contribution in [0, 0.1) is 0 Å². The van der Waals surface area contributed by atoms with E-state index in [1.807, 2.05) is 18.2 Å². The van der Waals surface area contributed by atoms with E-state index in [0.717, 1.165) is 19.1 Å². The molecule has 0 saturated heterocycles. The summed E-state index contributed by atoms with van der Waals surface area (Å²) in [6, 6.07) is 13.3. The van der Waals surface area contributed by atoms with Crippen molar-refractivity contribution < 1.29 is 17.6 Å². The first-order valence-corrected chi connectivity index (χ1v) is 9.64. The van der Waals surface area contributed by atoms with Crippen molar-refractivity contribution in [2.24, 2.45) is 0 Å². The van der Waals surface area contributed by atoms with Crippen molar-refractivity contribution in [1.29, 1.82) is 0 Å². The third kappa shape index (κ3) is 4.04. The summed E-state index contributed by atoms with van der Waals surface area (Å²) in [4.78, 5) is 12.2. The Morgan fingerprint density at radius 3 is 2.50 bits per heavy atom. The zero-order chi connectivity index (χ0) is 17.2. The molecule has 0 bridgehead atoms. The second-order valence-corrected chi connectivity index (χ2v) is 8.02. The lowest BCUT2D eigenvalue weighted by atomic mass is 9.96. The van der Waals surface area contributed by atoms with Crippen LogP contribution in [0.15, 0.2) is 46.9 Å². The highest BCUT2D eigenvalue weighted by Gasteiger charge is 2.44.